The van der Waals surface area contributed by atoms with Crippen LogP contribution in [0.15, 0.2) is 15.6 Å². The monoisotopic (exact) mass is 371 g/mol. The number of hydrogen-bond donors (Lipinski definition) is 2. The second kappa shape index (κ2) is 9.19. The molecule has 0 radical (unpaired) electrons. The molecule has 2 heterocycles. The SMILES string of the molecule is CCC(CC)c1cc(CNC(=NC)NCCN2CCCS2(=O)=O)on1. The molecule has 9 heteroatoms. The van der Waals surface area contributed by atoms with E-state index in [-0.39, 0.29) is 5.75 Å². The Morgan fingerprint density at radius 2 is 2.16 bits per heavy atom. The van der Waals surface area contributed by atoms with Crippen LogP contribution in [0.3, 0.4) is 0 Å². The third-order valence-electron chi connectivity index (χ3n) is 4.49. The average Bonchev–Trinajstić information content (AvgIpc) is 3.18. The second-order valence-corrected chi connectivity index (χ2v) is 8.24. The summed E-state index contributed by atoms with van der Waals surface area (Å²) in [5.41, 5.74) is 0.990. The molecule has 1 aromatic rings. The van der Waals surface area contributed by atoms with Gasteiger partial charge in [-0.15, -0.1) is 0 Å². The smallest absolute Gasteiger partial charge is 0.214 e. The first-order valence-corrected chi connectivity index (χ1v) is 10.5. The highest BCUT2D eigenvalue weighted by molar-refractivity contribution is 7.89. The van der Waals surface area contributed by atoms with E-state index in [1.54, 1.807) is 7.05 Å². The van der Waals surface area contributed by atoms with Gasteiger partial charge in [0.15, 0.2) is 11.7 Å². The molecular weight excluding hydrogens is 342 g/mol. The van der Waals surface area contributed by atoms with Crippen LogP contribution >= 0.6 is 0 Å². The lowest BCUT2D eigenvalue weighted by Gasteiger charge is -2.16. The summed E-state index contributed by atoms with van der Waals surface area (Å²) in [6.45, 7) is 6.33. The fourth-order valence-corrected chi connectivity index (χ4v) is 4.47. The zero-order chi connectivity index (χ0) is 18.3. The summed E-state index contributed by atoms with van der Waals surface area (Å²) >= 11 is 0. The molecule has 0 aliphatic carbocycles. The van der Waals surface area contributed by atoms with Gasteiger partial charge in [0.05, 0.1) is 18.0 Å². The van der Waals surface area contributed by atoms with Crippen LogP contribution in [0.1, 0.15) is 50.5 Å². The van der Waals surface area contributed by atoms with Crippen molar-refractivity contribution in [2.75, 3.05) is 32.4 Å². The van der Waals surface area contributed by atoms with Gasteiger partial charge in [-0.3, -0.25) is 4.99 Å². The van der Waals surface area contributed by atoms with E-state index in [1.807, 2.05) is 6.07 Å². The minimum atomic E-state index is -3.05. The van der Waals surface area contributed by atoms with Crippen molar-refractivity contribution >= 4 is 16.0 Å². The van der Waals surface area contributed by atoms with Gasteiger partial charge in [0.25, 0.3) is 0 Å². The highest BCUT2D eigenvalue weighted by Gasteiger charge is 2.27. The first-order valence-electron chi connectivity index (χ1n) is 8.88. The minimum absolute atomic E-state index is 0.254. The molecule has 0 atom stereocenters. The van der Waals surface area contributed by atoms with Gasteiger partial charge in [-0.1, -0.05) is 19.0 Å². The normalized spacial score (nSPS) is 18.0. The highest BCUT2D eigenvalue weighted by Crippen LogP contribution is 2.22. The predicted molar refractivity (Wildman–Crippen MR) is 98.0 cm³/mol. The minimum Gasteiger partial charge on any atom is -0.359 e. The lowest BCUT2D eigenvalue weighted by molar-refractivity contribution is 0.368. The zero-order valence-electron chi connectivity index (χ0n) is 15.3. The number of hydrogen-bond acceptors (Lipinski definition) is 5. The number of guanidine groups is 1. The van der Waals surface area contributed by atoms with Crippen LogP contribution in [0.5, 0.6) is 0 Å². The molecule has 1 saturated heterocycles. The Morgan fingerprint density at radius 3 is 2.76 bits per heavy atom. The molecule has 0 bridgehead atoms. The first-order chi connectivity index (χ1) is 12.0. The number of nitrogens with one attached hydrogen (secondary N) is 2. The van der Waals surface area contributed by atoms with E-state index in [9.17, 15) is 8.42 Å². The Bertz CT molecular complexity index is 667. The van der Waals surface area contributed by atoms with Crippen LogP contribution in [-0.2, 0) is 16.6 Å². The summed E-state index contributed by atoms with van der Waals surface area (Å²) in [6, 6.07) is 1.98. The van der Waals surface area contributed by atoms with Gasteiger partial charge in [0, 0.05) is 38.7 Å². The molecule has 25 heavy (non-hydrogen) atoms. The molecular formula is C16H29N5O3S. The van der Waals surface area contributed by atoms with E-state index in [2.05, 4.69) is 34.6 Å². The Kier molecular flexibility index (Phi) is 7.24. The van der Waals surface area contributed by atoms with Crippen molar-refractivity contribution in [1.82, 2.24) is 20.1 Å². The predicted octanol–water partition coefficient (Wildman–Crippen LogP) is 1.28. The lowest BCUT2D eigenvalue weighted by Crippen LogP contribution is -2.41. The standard InChI is InChI=1S/C16H29N5O3S/c1-4-13(5-2)15-11-14(24-20-15)12-19-16(17-3)18-7-9-21-8-6-10-25(21,22)23/h11,13H,4-10,12H2,1-3H3,(H2,17,18,19). The van der Waals surface area contributed by atoms with E-state index in [4.69, 9.17) is 4.52 Å². The van der Waals surface area contributed by atoms with Crippen molar-refractivity contribution < 1.29 is 12.9 Å². The van der Waals surface area contributed by atoms with Crippen LogP contribution in [-0.4, -0.2) is 56.3 Å². The van der Waals surface area contributed by atoms with Crippen molar-refractivity contribution in [1.29, 1.82) is 0 Å². The van der Waals surface area contributed by atoms with Crippen LogP contribution in [0.4, 0.5) is 0 Å². The Morgan fingerprint density at radius 1 is 1.40 bits per heavy atom. The van der Waals surface area contributed by atoms with Gasteiger partial charge in [-0.25, -0.2) is 12.7 Å². The quantitative estimate of drug-likeness (QED) is 0.527. The van der Waals surface area contributed by atoms with Gasteiger partial charge >= 0.3 is 0 Å². The fraction of sp³-hybridized carbons (Fsp3) is 0.750. The molecule has 0 amide bonds. The maximum absolute atomic E-state index is 11.8. The summed E-state index contributed by atoms with van der Waals surface area (Å²) in [5, 5.41) is 10.4. The molecule has 0 spiro atoms. The second-order valence-electron chi connectivity index (χ2n) is 6.15. The largest absolute Gasteiger partial charge is 0.359 e. The zero-order valence-corrected chi connectivity index (χ0v) is 16.1. The molecule has 8 nitrogen and oxygen atoms in total. The van der Waals surface area contributed by atoms with E-state index in [1.165, 1.54) is 4.31 Å². The van der Waals surface area contributed by atoms with Crippen LogP contribution in [0, 0.1) is 0 Å². The molecule has 0 saturated carbocycles. The molecule has 142 valence electrons. The van der Waals surface area contributed by atoms with E-state index in [0.29, 0.717) is 44.5 Å². The summed E-state index contributed by atoms with van der Waals surface area (Å²) in [4.78, 5) is 4.14. The van der Waals surface area contributed by atoms with Crippen molar-refractivity contribution in [3.8, 4) is 0 Å². The maximum Gasteiger partial charge on any atom is 0.214 e. The number of sulfonamides is 1. The third-order valence-corrected chi connectivity index (χ3v) is 6.45. The molecule has 2 N–H and O–H groups in total. The van der Waals surface area contributed by atoms with Crippen molar-refractivity contribution in [3.63, 3.8) is 0 Å². The molecule has 1 aliphatic rings. The van der Waals surface area contributed by atoms with Crippen molar-refractivity contribution in [2.45, 2.75) is 45.6 Å². The summed E-state index contributed by atoms with van der Waals surface area (Å²) < 4.78 is 30.4. The highest BCUT2D eigenvalue weighted by atomic mass is 32.2. The number of aliphatic imine (C=N–C) groups is 1. The van der Waals surface area contributed by atoms with E-state index < -0.39 is 10.0 Å². The summed E-state index contributed by atoms with van der Waals surface area (Å²) in [6.07, 6.45) is 2.79. The summed E-state index contributed by atoms with van der Waals surface area (Å²) in [7, 11) is -1.37. The van der Waals surface area contributed by atoms with Crippen LogP contribution in [0.2, 0.25) is 0 Å². The van der Waals surface area contributed by atoms with Gasteiger partial charge in [0.2, 0.25) is 10.0 Å². The van der Waals surface area contributed by atoms with E-state index in [0.717, 1.165) is 24.3 Å². The van der Waals surface area contributed by atoms with Crippen molar-refractivity contribution in [3.05, 3.63) is 17.5 Å². The van der Waals surface area contributed by atoms with Gasteiger partial charge in [0.1, 0.15) is 0 Å². The molecule has 1 aromatic heterocycles. The molecule has 0 aromatic carbocycles. The molecule has 1 aliphatic heterocycles. The Hall–Kier alpha value is -1.61. The van der Waals surface area contributed by atoms with Gasteiger partial charge < -0.3 is 15.2 Å². The lowest BCUT2D eigenvalue weighted by atomic mass is 9.99. The average molecular weight is 372 g/mol. The Labute approximate surface area is 150 Å². The number of rotatable bonds is 8. The maximum atomic E-state index is 11.8. The van der Waals surface area contributed by atoms with Gasteiger partial charge in [-0.2, -0.15) is 0 Å². The molecule has 2 rings (SSSR count). The first kappa shape index (κ1) is 19.7. The third kappa shape index (κ3) is 5.43. The van der Waals surface area contributed by atoms with Crippen molar-refractivity contribution in [2.24, 2.45) is 4.99 Å². The summed E-state index contributed by atoms with van der Waals surface area (Å²) in [5.74, 6) is 2.05. The van der Waals surface area contributed by atoms with Crippen LogP contribution in [0.25, 0.3) is 0 Å². The number of nitrogens with zero attached hydrogens (tertiary/aromatic N) is 3. The molecule has 1 fully saturated rings. The fourth-order valence-electron chi connectivity index (χ4n) is 2.94. The van der Waals surface area contributed by atoms with E-state index >= 15 is 0 Å². The Balaban J connectivity index is 1.77. The topological polar surface area (TPSA) is 99.8 Å². The van der Waals surface area contributed by atoms with Gasteiger partial charge in [-0.05, 0) is 19.3 Å². The number of aromatic nitrogens is 1. The van der Waals surface area contributed by atoms with Crippen LogP contribution < -0.4 is 10.6 Å². The molecule has 0 unspecified atom stereocenters.